The SMILES string of the molecule is CC(C)CNCc1cc(Cl)ccc1N(C)CC(=O)N(C)C. The van der Waals surface area contributed by atoms with Gasteiger partial charge in [-0.3, -0.25) is 4.79 Å². The molecule has 0 atom stereocenters. The van der Waals surface area contributed by atoms with Crippen molar-refractivity contribution in [3.05, 3.63) is 28.8 Å². The third-order valence-electron chi connectivity index (χ3n) is 3.19. The van der Waals surface area contributed by atoms with Gasteiger partial charge in [0, 0.05) is 38.4 Å². The Labute approximate surface area is 133 Å². The van der Waals surface area contributed by atoms with Crippen LogP contribution < -0.4 is 10.2 Å². The summed E-state index contributed by atoms with van der Waals surface area (Å²) in [5.41, 5.74) is 2.14. The highest BCUT2D eigenvalue weighted by atomic mass is 35.5. The molecule has 0 fully saturated rings. The van der Waals surface area contributed by atoms with E-state index in [2.05, 4.69) is 19.2 Å². The van der Waals surface area contributed by atoms with Gasteiger partial charge in [0.15, 0.2) is 0 Å². The molecule has 1 N–H and O–H groups in total. The molecule has 0 saturated heterocycles. The van der Waals surface area contributed by atoms with Gasteiger partial charge in [0.05, 0.1) is 6.54 Å². The Hall–Kier alpha value is -1.26. The van der Waals surface area contributed by atoms with E-state index in [1.165, 1.54) is 0 Å². The standard InChI is InChI=1S/C16H26ClN3O/c1-12(2)9-18-10-13-8-14(17)6-7-15(13)20(5)11-16(21)19(3)4/h6-8,12,18H,9-11H2,1-5H3. The second-order valence-electron chi connectivity index (χ2n) is 5.94. The Morgan fingerprint density at radius 2 is 1.95 bits per heavy atom. The molecule has 5 heteroatoms. The van der Waals surface area contributed by atoms with Gasteiger partial charge in [0.1, 0.15) is 0 Å². The lowest BCUT2D eigenvalue weighted by atomic mass is 10.1. The smallest absolute Gasteiger partial charge is 0.241 e. The number of carbonyl (C=O) groups is 1. The molecule has 4 nitrogen and oxygen atoms in total. The van der Waals surface area contributed by atoms with Crippen LogP contribution in [0.25, 0.3) is 0 Å². The number of benzene rings is 1. The zero-order valence-corrected chi connectivity index (χ0v) is 14.4. The number of carbonyl (C=O) groups excluding carboxylic acids is 1. The van der Waals surface area contributed by atoms with Crippen LogP contribution in [0.3, 0.4) is 0 Å². The minimum Gasteiger partial charge on any atom is -0.365 e. The number of amides is 1. The average molecular weight is 312 g/mol. The predicted molar refractivity (Wildman–Crippen MR) is 90.0 cm³/mol. The lowest BCUT2D eigenvalue weighted by molar-refractivity contribution is -0.127. The molecule has 1 aromatic carbocycles. The van der Waals surface area contributed by atoms with E-state index >= 15 is 0 Å². The van der Waals surface area contributed by atoms with Crippen LogP contribution in [0.5, 0.6) is 0 Å². The first kappa shape index (κ1) is 17.8. The highest BCUT2D eigenvalue weighted by Gasteiger charge is 2.13. The van der Waals surface area contributed by atoms with E-state index in [4.69, 9.17) is 11.6 Å². The molecular formula is C16H26ClN3O. The molecule has 0 bridgehead atoms. The van der Waals surface area contributed by atoms with Crippen molar-refractivity contribution in [2.75, 3.05) is 39.1 Å². The molecule has 0 aliphatic rings. The van der Waals surface area contributed by atoms with Crippen LogP contribution in [-0.4, -0.2) is 45.0 Å². The molecule has 1 aromatic rings. The fourth-order valence-electron chi connectivity index (χ4n) is 1.99. The third kappa shape index (κ3) is 5.94. The summed E-state index contributed by atoms with van der Waals surface area (Å²) in [6.07, 6.45) is 0. The van der Waals surface area contributed by atoms with E-state index in [0.717, 1.165) is 24.3 Å². The molecule has 0 aliphatic carbocycles. The molecule has 0 aromatic heterocycles. The second-order valence-corrected chi connectivity index (χ2v) is 6.38. The summed E-state index contributed by atoms with van der Waals surface area (Å²) < 4.78 is 0. The minimum atomic E-state index is 0.0774. The topological polar surface area (TPSA) is 35.6 Å². The highest BCUT2D eigenvalue weighted by molar-refractivity contribution is 6.30. The van der Waals surface area contributed by atoms with E-state index in [9.17, 15) is 4.79 Å². The van der Waals surface area contributed by atoms with Gasteiger partial charge in [-0.25, -0.2) is 0 Å². The molecule has 118 valence electrons. The number of nitrogens with zero attached hydrogens (tertiary/aromatic N) is 2. The van der Waals surface area contributed by atoms with Crippen LogP contribution in [0.2, 0.25) is 5.02 Å². The van der Waals surface area contributed by atoms with Crippen LogP contribution in [0.1, 0.15) is 19.4 Å². The molecule has 1 rings (SSSR count). The van der Waals surface area contributed by atoms with Crippen LogP contribution in [0.15, 0.2) is 18.2 Å². The van der Waals surface area contributed by atoms with Gasteiger partial charge in [-0.2, -0.15) is 0 Å². The van der Waals surface area contributed by atoms with E-state index in [1.54, 1.807) is 19.0 Å². The summed E-state index contributed by atoms with van der Waals surface area (Å²) in [7, 11) is 5.46. The number of hydrogen-bond acceptors (Lipinski definition) is 3. The zero-order chi connectivity index (χ0) is 16.0. The van der Waals surface area contributed by atoms with Crippen LogP contribution in [0.4, 0.5) is 5.69 Å². The van der Waals surface area contributed by atoms with E-state index in [0.29, 0.717) is 17.5 Å². The molecule has 0 aliphatic heterocycles. The summed E-state index contributed by atoms with van der Waals surface area (Å²) in [6, 6.07) is 5.79. The van der Waals surface area contributed by atoms with E-state index in [-0.39, 0.29) is 5.91 Å². The Kier molecular flexibility index (Phi) is 6.99. The molecule has 1 amide bonds. The van der Waals surface area contributed by atoms with Gasteiger partial charge in [0.2, 0.25) is 5.91 Å². The number of halogens is 1. The molecule has 0 heterocycles. The normalized spacial score (nSPS) is 10.8. The summed E-state index contributed by atoms with van der Waals surface area (Å²) in [6.45, 7) is 6.40. The van der Waals surface area contributed by atoms with Crippen molar-refractivity contribution in [1.29, 1.82) is 0 Å². The van der Waals surface area contributed by atoms with Crippen molar-refractivity contribution >= 4 is 23.2 Å². The second kappa shape index (κ2) is 8.25. The fourth-order valence-corrected chi connectivity index (χ4v) is 2.19. The zero-order valence-electron chi connectivity index (χ0n) is 13.6. The maximum Gasteiger partial charge on any atom is 0.241 e. The van der Waals surface area contributed by atoms with Crippen molar-refractivity contribution in [2.24, 2.45) is 5.92 Å². The first-order chi connectivity index (χ1) is 9.81. The Balaban J connectivity index is 2.82. The number of likely N-dealkylation sites (N-methyl/N-ethyl adjacent to an activating group) is 2. The fraction of sp³-hybridized carbons (Fsp3) is 0.562. The Morgan fingerprint density at radius 1 is 1.29 bits per heavy atom. The molecule has 21 heavy (non-hydrogen) atoms. The maximum absolute atomic E-state index is 11.9. The van der Waals surface area contributed by atoms with Gasteiger partial charge >= 0.3 is 0 Å². The number of rotatable bonds is 7. The van der Waals surface area contributed by atoms with Crippen LogP contribution >= 0.6 is 11.6 Å². The summed E-state index contributed by atoms with van der Waals surface area (Å²) in [5.74, 6) is 0.675. The van der Waals surface area contributed by atoms with Crippen LogP contribution in [0, 0.1) is 5.92 Å². The van der Waals surface area contributed by atoms with Gasteiger partial charge in [-0.05, 0) is 36.2 Å². The first-order valence-corrected chi connectivity index (χ1v) is 7.59. The van der Waals surface area contributed by atoms with Crippen molar-refractivity contribution in [2.45, 2.75) is 20.4 Å². The summed E-state index contributed by atoms with van der Waals surface area (Å²) >= 11 is 6.10. The van der Waals surface area contributed by atoms with Gasteiger partial charge in [0.25, 0.3) is 0 Å². The summed E-state index contributed by atoms with van der Waals surface area (Å²) in [5, 5.41) is 4.13. The van der Waals surface area contributed by atoms with Crippen molar-refractivity contribution < 1.29 is 4.79 Å². The minimum absolute atomic E-state index is 0.0774. The largest absolute Gasteiger partial charge is 0.365 e. The third-order valence-corrected chi connectivity index (χ3v) is 3.43. The monoisotopic (exact) mass is 311 g/mol. The molecule has 0 spiro atoms. The lowest BCUT2D eigenvalue weighted by Gasteiger charge is -2.24. The number of nitrogens with one attached hydrogen (secondary N) is 1. The van der Waals surface area contributed by atoms with Crippen molar-refractivity contribution in [3.8, 4) is 0 Å². The molecule has 0 unspecified atom stereocenters. The van der Waals surface area contributed by atoms with E-state index < -0.39 is 0 Å². The van der Waals surface area contributed by atoms with E-state index in [1.807, 2.05) is 30.1 Å². The van der Waals surface area contributed by atoms with Gasteiger partial charge in [-0.1, -0.05) is 25.4 Å². The molecule has 0 radical (unpaired) electrons. The lowest BCUT2D eigenvalue weighted by Crippen LogP contribution is -2.35. The highest BCUT2D eigenvalue weighted by Crippen LogP contribution is 2.23. The molecule has 0 saturated carbocycles. The maximum atomic E-state index is 11.9. The number of hydrogen-bond donors (Lipinski definition) is 1. The van der Waals surface area contributed by atoms with Gasteiger partial charge in [-0.15, -0.1) is 0 Å². The molecular weight excluding hydrogens is 286 g/mol. The average Bonchev–Trinajstić information content (AvgIpc) is 2.38. The number of anilines is 1. The van der Waals surface area contributed by atoms with Crippen molar-refractivity contribution in [3.63, 3.8) is 0 Å². The quantitative estimate of drug-likeness (QED) is 0.841. The first-order valence-electron chi connectivity index (χ1n) is 7.21. The predicted octanol–water partition coefficient (Wildman–Crippen LogP) is 2.61. The Morgan fingerprint density at radius 3 is 2.52 bits per heavy atom. The van der Waals surface area contributed by atoms with Crippen molar-refractivity contribution in [1.82, 2.24) is 10.2 Å². The van der Waals surface area contributed by atoms with Gasteiger partial charge < -0.3 is 15.1 Å². The Bertz CT molecular complexity index is 475. The van der Waals surface area contributed by atoms with Crippen LogP contribution in [-0.2, 0) is 11.3 Å². The summed E-state index contributed by atoms with van der Waals surface area (Å²) in [4.78, 5) is 15.4.